The van der Waals surface area contributed by atoms with Crippen molar-refractivity contribution in [2.75, 3.05) is 0 Å². The molecule has 1 N–H and O–H groups in total. The van der Waals surface area contributed by atoms with Gasteiger partial charge in [0.15, 0.2) is 11.6 Å². The fraction of sp³-hybridized carbons (Fsp3) is 0.0400. The summed E-state index contributed by atoms with van der Waals surface area (Å²) in [6, 6.07) is 23.2. The Morgan fingerprint density at radius 3 is 2.03 bits per heavy atom. The first-order valence-corrected chi connectivity index (χ1v) is 9.12. The molecule has 0 saturated carbocycles. The molecule has 3 aromatic rings. The van der Waals surface area contributed by atoms with Gasteiger partial charge in [0, 0.05) is 0 Å². The molecule has 0 unspecified atom stereocenters. The Bertz CT molecular complexity index is 1030. The predicted molar refractivity (Wildman–Crippen MR) is 114 cm³/mol. The molecule has 0 bridgehead atoms. The summed E-state index contributed by atoms with van der Waals surface area (Å²) in [4.78, 5) is 24.0. The lowest BCUT2D eigenvalue weighted by atomic mass is 10.1. The molecular weight excluding hydrogens is 364 g/mol. The lowest BCUT2D eigenvalue weighted by Gasteiger charge is -2.05. The van der Waals surface area contributed by atoms with E-state index in [0.29, 0.717) is 5.75 Å². The maximum absolute atomic E-state index is 12.1. The number of aromatic hydroxyl groups is 1. The highest BCUT2D eigenvalue weighted by atomic mass is 16.5. The Hall–Kier alpha value is -3.92. The van der Waals surface area contributed by atoms with E-state index in [2.05, 4.69) is 0 Å². The van der Waals surface area contributed by atoms with E-state index < -0.39 is 0 Å². The molecule has 0 aliphatic carbocycles. The highest BCUT2D eigenvalue weighted by Crippen LogP contribution is 2.22. The third-order valence-electron chi connectivity index (χ3n) is 4.00. The van der Waals surface area contributed by atoms with Gasteiger partial charge in [0.05, 0.1) is 6.42 Å². The van der Waals surface area contributed by atoms with Crippen LogP contribution in [0.1, 0.15) is 17.5 Å². The van der Waals surface area contributed by atoms with E-state index >= 15 is 0 Å². The molecule has 0 aromatic heterocycles. The number of hydrogen-bond donors (Lipinski definition) is 1. The lowest BCUT2D eigenvalue weighted by Crippen LogP contribution is -2.01. The number of phenolic OH excluding ortho intramolecular Hbond substituents is 1. The average molecular weight is 384 g/mol. The molecule has 3 rings (SSSR count). The molecule has 0 radical (unpaired) electrons. The fourth-order valence-electron chi connectivity index (χ4n) is 2.56. The SMILES string of the molecule is O=C(C=Cc1ccc(O)cc1)CC(=O)C=Cc1cccc(Oc2ccccc2)c1. The number of para-hydroxylation sites is 1. The van der Waals surface area contributed by atoms with E-state index in [1.54, 1.807) is 24.3 Å². The molecule has 0 spiro atoms. The van der Waals surface area contributed by atoms with Crippen LogP contribution in [0.5, 0.6) is 17.2 Å². The standard InChI is InChI=1S/C25H20O4/c26-21-13-9-19(10-14-21)11-15-22(27)18-23(28)16-12-20-5-4-8-25(17-20)29-24-6-2-1-3-7-24/h1-17,26H,18H2. The molecule has 3 aromatic carbocycles. The number of phenols is 1. The van der Waals surface area contributed by atoms with Gasteiger partial charge < -0.3 is 9.84 Å². The van der Waals surface area contributed by atoms with Crippen LogP contribution in [-0.4, -0.2) is 16.7 Å². The molecule has 0 fully saturated rings. The summed E-state index contributed by atoms with van der Waals surface area (Å²) in [6.45, 7) is 0. The van der Waals surface area contributed by atoms with E-state index in [1.165, 1.54) is 24.3 Å². The highest BCUT2D eigenvalue weighted by Gasteiger charge is 2.04. The Morgan fingerprint density at radius 1 is 0.724 bits per heavy atom. The molecule has 0 aliphatic heterocycles. The average Bonchev–Trinajstić information content (AvgIpc) is 2.73. The second-order valence-corrected chi connectivity index (χ2v) is 6.36. The second-order valence-electron chi connectivity index (χ2n) is 6.36. The summed E-state index contributed by atoms with van der Waals surface area (Å²) >= 11 is 0. The summed E-state index contributed by atoms with van der Waals surface area (Å²) in [7, 11) is 0. The molecule has 4 heteroatoms. The van der Waals surface area contributed by atoms with Gasteiger partial charge in [-0.05, 0) is 59.7 Å². The van der Waals surface area contributed by atoms with E-state index in [-0.39, 0.29) is 23.7 Å². The van der Waals surface area contributed by atoms with Crippen LogP contribution in [0.15, 0.2) is 91.0 Å². The van der Waals surface area contributed by atoms with Gasteiger partial charge in [-0.15, -0.1) is 0 Å². The topological polar surface area (TPSA) is 63.6 Å². The Kier molecular flexibility index (Phi) is 6.74. The highest BCUT2D eigenvalue weighted by molar-refractivity contribution is 6.10. The van der Waals surface area contributed by atoms with Gasteiger partial charge in [-0.2, -0.15) is 0 Å². The normalized spacial score (nSPS) is 11.0. The summed E-state index contributed by atoms with van der Waals surface area (Å²) < 4.78 is 5.77. The summed E-state index contributed by atoms with van der Waals surface area (Å²) in [6.07, 6.45) is 5.84. The van der Waals surface area contributed by atoms with E-state index in [1.807, 2.05) is 54.6 Å². The lowest BCUT2D eigenvalue weighted by molar-refractivity contribution is -0.121. The Balaban J connectivity index is 1.55. The molecule has 0 amide bonds. The van der Waals surface area contributed by atoms with Crippen molar-refractivity contribution < 1.29 is 19.4 Å². The summed E-state index contributed by atoms with van der Waals surface area (Å²) in [5.74, 6) is 0.995. The first kappa shape index (κ1) is 19.8. The number of allylic oxidation sites excluding steroid dienone is 2. The van der Waals surface area contributed by atoms with Crippen LogP contribution in [-0.2, 0) is 9.59 Å². The predicted octanol–water partition coefficient (Wildman–Crippen LogP) is 5.44. The zero-order valence-electron chi connectivity index (χ0n) is 15.7. The summed E-state index contributed by atoms with van der Waals surface area (Å²) in [5.41, 5.74) is 1.58. The largest absolute Gasteiger partial charge is 0.508 e. The first-order valence-electron chi connectivity index (χ1n) is 9.12. The minimum absolute atomic E-state index is 0.159. The monoisotopic (exact) mass is 384 g/mol. The molecular formula is C25H20O4. The molecule has 0 heterocycles. The van der Waals surface area contributed by atoms with E-state index in [0.717, 1.165) is 16.9 Å². The fourth-order valence-corrected chi connectivity index (χ4v) is 2.56. The smallest absolute Gasteiger partial charge is 0.163 e. The van der Waals surface area contributed by atoms with E-state index in [9.17, 15) is 14.7 Å². The molecule has 0 aliphatic rings. The third-order valence-corrected chi connectivity index (χ3v) is 4.00. The zero-order valence-corrected chi connectivity index (χ0v) is 15.7. The van der Waals surface area contributed by atoms with Crippen LogP contribution in [0.25, 0.3) is 12.2 Å². The van der Waals surface area contributed by atoms with Crippen LogP contribution >= 0.6 is 0 Å². The Morgan fingerprint density at radius 2 is 1.34 bits per heavy atom. The van der Waals surface area contributed by atoms with Gasteiger partial charge in [-0.3, -0.25) is 9.59 Å². The van der Waals surface area contributed by atoms with Crippen LogP contribution in [0, 0.1) is 0 Å². The van der Waals surface area contributed by atoms with Crippen LogP contribution in [0.4, 0.5) is 0 Å². The van der Waals surface area contributed by atoms with Gasteiger partial charge >= 0.3 is 0 Å². The maximum atomic E-state index is 12.1. The van der Waals surface area contributed by atoms with E-state index in [4.69, 9.17) is 4.74 Å². The van der Waals surface area contributed by atoms with Crippen molar-refractivity contribution in [2.24, 2.45) is 0 Å². The van der Waals surface area contributed by atoms with Crippen LogP contribution < -0.4 is 4.74 Å². The number of ketones is 2. The van der Waals surface area contributed by atoms with Gasteiger partial charge in [-0.25, -0.2) is 0 Å². The second kappa shape index (κ2) is 9.85. The minimum Gasteiger partial charge on any atom is -0.508 e. The van der Waals surface area contributed by atoms with Crippen molar-refractivity contribution in [1.82, 2.24) is 0 Å². The minimum atomic E-state index is -0.283. The Labute approximate surface area is 169 Å². The molecule has 144 valence electrons. The zero-order chi connectivity index (χ0) is 20.5. The number of carbonyl (C=O) groups excluding carboxylic acids is 2. The van der Waals surface area contributed by atoms with Crippen LogP contribution in [0.3, 0.4) is 0 Å². The van der Waals surface area contributed by atoms with Gasteiger partial charge in [-0.1, -0.05) is 54.6 Å². The van der Waals surface area contributed by atoms with Crippen molar-refractivity contribution in [2.45, 2.75) is 6.42 Å². The molecule has 4 nitrogen and oxygen atoms in total. The third kappa shape index (κ3) is 6.63. The molecule has 0 atom stereocenters. The number of ether oxygens (including phenoxy) is 1. The quantitative estimate of drug-likeness (QED) is 0.415. The van der Waals surface area contributed by atoms with Crippen LogP contribution in [0.2, 0.25) is 0 Å². The number of benzene rings is 3. The molecule has 0 saturated heterocycles. The van der Waals surface area contributed by atoms with Crippen molar-refractivity contribution in [1.29, 1.82) is 0 Å². The van der Waals surface area contributed by atoms with Crippen molar-refractivity contribution in [3.63, 3.8) is 0 Å². The van der Waals surface area contributed by atoms with Gasteiger partial charge in [0.25, 0.3) is 0 Å². The van der Waals surface area contributed by atoms with Gasteiger partial charge in [0.1, 0.15) is 17.2 Å². The number of rotatable bonds is 8. The maximum Gasteiger partial charge on any atom is 0.163 e. The number of carbonyl (C=O) groups is 2. The van der Waals surface area contributed by atoms with Gasteiger partial charge in [0.2, 0.25) is 0 Å². The first-order chi connectivity index (χ1) is 14.1. The van der Waals surface area contributed by atoms with Crippen molar-refractivity contribution in [3.05, 3.63) is 102 Å². The van der Waals surface area contributed by atoms with Crippen molar-refractivity contribution in [3.8, 4) is 17.2 Å². The summed E-state index contributed by atoms with van der Waals surface area (Å²) in [5, 5.41) is 9.25. The van der Waals surface area contributed by atoms with Crippen molar-refractivity contribution >= 4 is 23.7 Å². The number of hydrogen-bond acceptors (Lipinski definition) is 4. The molecule has 29 heavy (non-hydrogen) atoms.